The van der Waals surface area contributed by atoms with Crippen molar-refractivity contribution >= 4 is 22.7 Å². The van der Waals surface area contributed by atoms with Gasteiger partial charge in [0, 0.05) is 5.03 Å². The summed E-state index contributed by atoms with van der Waals surface area (Å²) >= 11 is 6.36. The summed E-state index contributed by atoms with van der Waals surface area (Å²) in [5.74, 6) is 0.835. The highest BCUT2D eigenvalue weighted by Crippen LogP contribution is 2.24. The van der Waals surface area contributed by atoms with Gasteiger partial charge in [0.2, 0.25) is 0 Å². The maximum absolute atomic E-state index is 6.36. The van der Waals surface area contributed by atoms with Crippen molar-refractivity contribution in [1.29, 1.82) is 0 Å². The Bertz CT molecular complexity index is 567. The smallest absolute Gasteiger partial charge is 0.118 e. The van der Waals surface area contributed by atoms with Crippen LogP contribution in [0.2, 0.25) is 0 Å². The minimum absolute atomic E-state index is 0.732. The molecular weight excluding hydrogens is 268 g/mol. The number of hydrogen-bond donors (Lipinski definition) is 0. The Morgan fingerprint density at radius 2 is 1.70 bits per heavy atom. The maximum atomic E-state index is 6.36. The molecule has 0 unspecified atom stereocenters. The quantitative estimate of drug-likeness (QED) is 0.670. The molecule has 20 heavy (non-hydrogen) atoms. The van der Waals surface area contributed by atoms with Crippen molar-refractivity contribution in [2.24, 2.45) is 0 Å². The molecule has 0 aliphatic rings. The molecule has 2 aromatic rings. The fourth-order valence-corrected chi connectivity index (χ4v) is 2.30. The van der Waals surface area contributed by atoms with Crippen LogP contribution in [0.5, 0.6) is 5.75 Å². The van der Waals surface area contributed by atoms with E-state index in [2.05, 4.69) is 31.2 Å². The summed E-state index contributed by atoms with van der Waals surface area (Å²) < 4.78 is 5.14. The molecule has 0 saturated heterocycles. The Balaban J connectivity index is 2.15. The molecule has 0 fully saturated rings. The molecule has 0 aliphatic carbocycles. The SMILES string of the molecule is CCCc1ccc(C=C(Cl)c2ccc(OC)cc2)cc1. The zero-order valence-corrected chi connectivity index (χ0v) is 12.7. The lowest BCUT2D eigenvalue weighted by atomic mass is 10.1. The van der Waals surface area contributed by atoms with Crippen LogP contribution in [0.25, 0.3) is 11.1 Å². The standard InChI is InChI=1S/C18H19ClO/c1-3-4-14-5-7-15(8-6-14)13-18(19)16-9-11-17(20-2)12-10-16/h5-13H,3-4H2,1-2H3. The van der Waals surface area contributed by atoms with Crippen molar-refractivity contribution in [2.45, 2.75) is 19.8 Å². The van der Waals surface area contributed by atoms with Gasteiger partial charge in [-0.2, -0.15) is 0 Å². The van der Waals surface area contributed by atoms with Gasteiger partial charge in [-0.1, -0.05) is 49.2 Å². The molecule has 0 atom stereocenters. The molecule has 2 aromatic carbocycles. The Hall–Kier alpha value is -1.73. The van der Waals surface area contributed by atoms with Gasteiger partial charge in [0.05, 0.1) is 7.11 Å². The fraction of sp³-hybridized carbons (Fsp3) is 0.222. The highest BCUT2D eigenvalue weighted by atomic mass is 35.5. The molecule has 0 saturated carbocycles. The van der Waals surface area contributed by atoms with Crippen LogP contribution in [-0.4, -0.2) is 7.11 Å². The maximum Gasteiger partial charge on any atom is 0.118 e. The zero-order chi connectivity index (χ0) is 14.4. The predicted molar refractivity (Wildman–Crippen MR) is 87.2 cm³/mol. The molecule has 104 valence electrons. The van der Waals surface area contributed by atoms with E-state index in [1.54, 1.807) is 7.11 Å². The van der Waals surface area contributed by atoms with Crippen LogP contribution in [-0.2, 0) is 6.42 Å². The summed E-state index contributed by atoms with van der Waals surface area (Å²) in [6.45, 7) is 2.19. The van der Waals surface area contributed by atoms with E-state index in [-0.39, 0.29) is 0 Å². The molecule has 2 heteroatoms. The van der Waals surface area contributed by atoms with Crippen LogP contribution < -0.4 is 4.74 Å². The molecule has 0 spiro atoms. The largest absolute Gasteiger partial charge is 0.497 e. The van der Waals surface area contributed by atoms with Gasteiger partial charge in [-0.15, -0.1) is 0 Å². The Kier molecular flexibility index (Phi) is 5.25. The second-order valence-corrected chi connectivity index (χ2v) is 5.12. The molecule has 1 nitrogen and oxygen atoms in total. The molecular formula is C18H19ClO. The van der Waals surface area contributed by atoms with Crippen LogP contribution in [0.15, 0.2) is 48.5 Å². The number of methoxy groups -OCH3 is 1. The minimum Gasteiger partial charge on any atom is -0.497 e. The van der Waals surface area contributed by atoms with E-state index < -0.39 is 0 Å². The van der Waals surface area contributed by atoms with Crippen molar-refractivity contribution in [3.05, 3.63) is 65.2 Å². The molecule has 0 N–H and O–H groups in total. The third-order valence-electron chi connectivity index (χ3n) is 3.18. The highest BCUT2D eigenvalue weighted by molar-refractivity contribution is 6.51. The first-order valence-electron chi connectivity index (χ1n) is 6.83. The van der Waals surface area contributed by atoms with Crippen molar-refractivity contribution in [3.63, 3.8) is 0 Å². The van der Waals surface area contributed by atoms with Gasteiger partial charge in [-0.3, -0.25) is 0 Å². The van der Waals surface area contributed by atoms with Crippen LogP contribution in [0.3, 0.4) is 0 Å². The summed E-state index contributed by atoms with van der Waals surface area (Å²) in [7, 11) is 1.66. The van der Waals surface area contributed by atoms with E-state index >= 15 is 0 Å². The van der Waals surface area contributed by atoms with Crippen LogP contribution in [0, 0.1) is 0 Å². The molecule has 2 rings (SSSR count). The number of aryl methyl sites for hydroxylation is 1. The zero-order valence-electron chi connectivity index (χ0n) is 11.9. The summed E-state index contributed by atoms with van der Waals surface area (Å²) in [6, 6.07) is 16.3. The summed E-state index contributed by atoms with van der Waals surface area (Å²) in [4.78, 5) is 0. The molecule has 0 radical (unpaired) electrons. The third kappa shape index (κ3) is 3.88. The number of ether oxygens (including phenoxy) is 1. The van der Waals surface area contributed by atoms with E-state index in [9.17, 15) is 0 Å². The van der Waals surface area contributed by atoms with Crippen LogP contribution in [0.1, 0.15) is 30.0 Å². The lowest BCUT2D eigenvalue weighted by Crippen LogP contribution is -1.84. The first-order valence-corrected chi connectivity index (χ1v) is 7.21. The Morgan fingerprint density at radius 1 is 1.05 bits per heavy atom. The molecule has 0 amide bonds. The van der Waals surface area contributed by atoms with E-state index in [0.717, 1.165) is 28.3 Å². The van der Waals surface area contributed by atoms with Gasteiger partial charge in [-0.05, 0) is 53.5 Å². The van der Waals surface area contributed by atoms with Crippen LogP contribution >= 0.6 is 11.6 Å². The summed E-state index contributed by atoms with van der Waals surface area (Å²) in [6.07, 6.45) is 4.27. The van der Waals surface area contributed by atoms with E-state index in [1.807, 2.05) is 30.3 Å². The van der Waals surface area contributed by atoms with E-state index in [4.69, 9.17) is 16.3 Å². The Morgan fingerprint density at radius 3 is 2.25 bits per heavy atom. The molecule has 0 aromatic heterocycles. The number of hydrogen-bond acceptors (Lipinski definition) is 1. The van der Waals surface area contributed by atoms with Gasteiger partial charge in [0.1, 0.15) is 5.75 Å². The van der Waals surface area contributed by atoms with Crippen molar-refractivity contribution in [1.82, 2.24) is 0 Å². The fourth-order valence-electron chi connectivity index (χ4n) is 2.05. The van der Waals surface area contributed by atoms with Crippen LogP contribution in [0.4, 0.5) is 0 Å². The third-order valence-corrected chi connectivity index (χ3v) is 3.50. The monoisotopic (exact) mass is 286 g/mol. The second kappa shape index (κ2) is 7.16. The van der Waals surface area contributed by atoms with Gasteiger partial charge in [0.15, 0.2) is 0 Å². The van der Waals surface area contributed by atoms with Crippen molar-refractivity contribution < 1.29 is 4.74 Å². The normalized spacial score (nSPS) is 11.4. The second-order valence-electron chi connectivity index (χ2n) is 4.71. The highest BCUT2D eigenvalue weighted by Gasteiger charge is 2.00. The van der Waals surface area contributed by atoms with Gasteiger partial charge < -0.3 is 4.74 Å². The molecule has 0 bridgehead atoms. The average Bonchev–Trinajstić information content (AvgIpc) is 2.49. The van der Waals surface area contributed by atoms with Gasteiger partial charge in [-0.25, -0.2) is 0 Å². The van der Waals surface area contributed by atoms with Crippen molar-refractivity contribution in [2.75, 3.05) is 7.11 Å². The predicted octanol–water partition coefficient (Wildman–Crippen LogP) is 5.38. The summed E-state index contributed by atoms with van der Waals surface area (Å²) in [5, 5.41) is 0.732. The lowest BCUT2D eigenvalue weighted by molar-refractivity contribution is 0.415. The molecule has 0 aliphatic heterocycles. The minimum atomic E-state index is 0.732. The summed E-state index contributed by atoms with van der Waals surface area (Å²) in [5.41, 5.74) is 3.47. The average molecular weight is 287 g/mol. The topological polar surface area (TPSA) is 9.23 Å². The Labute approximate surface area is 125 Å². The lowest BCUT2D eigenvalue weighted by Gasteiger charge is -2.03. The first-order chi connectivity index (χ1) is 9.72. The molecule has 0 heterocycles. The van der Waals surface area contributed by atoms with Crippen molar-refractivity contribution in [3.8, 4) is 5.75 Å². The number of halogens is 1. The van der Waals surface area contributed by atoms with Gasteiger partial charge in [0.25, 0.3) is 0 Å². The van der Waals surface area contributed by atoms with E-state index in [0.29, 0.717) is 0 Å². The number of rotatable bonds is 5. The van der Waals surface area contributed by atoms with Gasteiger partial charge >= 0.3 is 0 Å². The first kappa shape index (κ1) is 14.7. The number of benzene rings is 2. The van der Waals surface area contributed by atoms with E-state index in [1.165, 1.54) is 12.0 Å².